The highest BCUT2D eigenvalue weighted by molar-refractivity contribution is 5.96. The number of aromatic nitrogens is 1. The van der Waals surface area contributed by atoms with Gasteiger partial charge in [-0.15, -0.1) is 0 Å². The van der Waals surface area contributed by atoms with Crippen LogP contribution in [0.25, 0.3) is 5.69 Å². The van der Waals surface area contributed by atoms with Crippen molar-refractivity contribution in [3.8, 4) is 5.69 Å². The van der Waals surface area contributed by atoms with Crippen LogP contribution in [-0.2, 0) is 4.79 Å². The molecule has 2 amide bonds. The van der Waals surface area contributed by atoms with E-state index in [4.69, 9.17) is 0 Å². The summed E-state index contributed by atoms with van der Waals surface area (Å²) < 4.78 is 2.13. The first kappa shape index (κ1) is 18.7. The number of rotatable bonds is 3. The molecule has 6 nitrogen and oxygen atoms in total. The van der Waals surface area contributed by atoms with Crippen molar-refractivity contribution in [2.45, 2.75) is 32.7 Å². The van der Waals surface area contributed by atoms with E-state index < -0.39 is 0 Å². The van der Waals surface area contributed by atoms with Crippen LogP contribution in [-0.4, -0.2) is 64.9 Å². The molecule has 1 unspecified atom stereocenters. The summed E-state index contributed by atoms with van der Waals surface area (Å²) >= 11 is 0. The lowest BCUT2D eigenvalue weighted by Gasteiger charge is -2.41. The Labute approximate surface area is 166 Å². The molecule has 0 aliphatic carbocycles. The zero-order valence-corrected chi connectivity index (χ0v) is 16.6. The van der Waals surface area contributed by atoms with E-state index in [0.29, 0.717) is 13.1 Å². The number of para-hydroxylation sites is 1. The van der Waals surface area contributed by atoms with E-state index in [-0.39, 0.29) is 17.9 Å². The van der Waals surface area contributed by atoms with Crippen LogP contribution in [0.15, 0.2) is 36.4 Å². The summed E-state index contributed by atoms with van der Waals surface area (Å²) in [6, 6.07) is 12.2. The van der Waals surface area contributed by atoms with Gasteiger partial charge in [-0.25, -0.2) is 0 Å². The Hall–Kier alpha value is -2.60. The molecule has 0 radical (unpaired) electrons. The summed E-state index contributed by atoms with van der Waals surface area (Å²) in [7, 11) is 0. The van der Waals surface area contributed by atoms with Gasteiger partial charge in [-0.2, -0.15) is 0 Å². The van der Waals surface area contributed by atoms with Gasteiger partial charge in [0.05, 0.1) is 12.1 Å². The summed E-state index contributed by atoms with van der Waals surface area (Å²) in [5, 5.41) is 3.12. The molecule has 0 spiro atoms. The fourth-order valence-electron chi connectivity index (χ4n) is 4.52. The second-order valence-corrected chi connectivity index (χ2v) is 7.77. The van der Waals surface area contributed by atoms with E-state index in [0.717, 1.165) is 55.1 Å². The van der Waals surface area contributed by atoms with Crippen molar-refractivity contribution in [2.24, 2.45) is 0 Å². The summed E-state index contributed by atoms with van der Waals surface area (Å²) in [4.78, 5) is 29.5. The van der Waals surface area contributed by atoms with Crippen LogP contribution in [0, 0.1) is 13.8 Å². The van der Waals surface area contributed by atoms with Crippen LogP contribution in [0.3, 0.4) is 0 Å². The number of amides is 2. The molecule has 2 aromatic rings. The first-order valence-corrected chi connectivity index (χ1v) is 10.1. The number of nitrogens with zero attached hydrogens (tertiary/aromatic N) is 3. The Morgan fingerprint density at radius 2 is 1.93 bits per heavy atom. The second-order valence-electron chi connectivity index (χ2n) is 7.77. The van der Waals surface area contributed by atoms with Crippen LogP contribution < -0.4 is 5.32 Å². The minimum atomic E-state index is 0.0718. The molecule has 1 N–H and O–H groups in total. The van der Waals surface area contributed by atoms with Crippen LogP contribution >= 0.6 is 0 Å². The van der Waals surface area contributed by atoms with Crippen molar-refractivity contribution in [1.82, 2.24) is 19.7 Å². The number of likely N-dealkylation sites (tertiary alicyclic amines) is 1. The molecule has 0 bridgehead atoms. The van der Waals surface area contributed by atoms with E-state index in [1.807, 2.05) is 47.9 Å². The predicted octanol–water partition coefficient (Wildman–Crippen LogP) is 2.13. The van der Waals surface area contributed by atoms with E-state index in [1.165, 1.54) is 0 Å². The van der Waals surface area contributed by atoms with Gasteiger partial charge in [0.15, 0.2) is 0 Å². The van der Waals surface area contributed by atoms with Gasteiger partial charge in [-0.05, 0) is 44.9 Å². The second kappa shape index (κ2) is 7.80. The van der Waals surface area contributed by atoms with Crippen molar-refractivity contribution < 1.29 is 9.59 Å². The van der Waals surface area contributed by atoms with Crippen molar-refractivity contribution >= 4 is 11.8 Å². The quantitative estimate of drug-likeness (QED) is 0.888. The molecule has 1 atom stereocenters. The van der Waals surface area contributed by atoms with E-state index >= 15 is 0 Å². The standard InChI is InChI=1S/C22H28N4O2/c1-16-13-20(17(2)26(16)18-7-4-3-5-8-18)22(28)24-11-6-9-19(15-24)25-12-10-23-14-21(25)27/h3-5,7-8,13,19,23H,6,9-12,14-15H2,1-2H3. The third-order valence-electron chi connectivity index (χ3n) is 5.93. The van der Waals surface area contributed by atoms with Crippen molar-refractivity contribution in [1.29, 1.82) is 0 Å². The van der Waals surface area contributed by atoms with Crippen LogP contribution in [0.4, 0.5) is 0 Å². The van der Waals surface area contributed by atoms with Gasteiger partial charge in [0, 0.05) is 49.3 Å². The van der Waals surface area contributed by atoms with Crippen molar-refractivity contribution in [3.05, 3.63) is 53.3 Å². The molecule has 1 aromatic carbocycles. The first-order valence-electron chi connectivity index (χ1n) is 10.1. The van der Waals surface area contributed by atoms with Gasteiger partial charge < -0.3 is 19.7 Å². The molecular weight excluding hydrogens is 352 g/mol. The molecule has 148 valence electrons. The average molecular weight is 380 g/mol. The van der Waals surface area contributed by atoms with Gasteiger partial charge in [0.2, 0.25) is 5.91 Å². The van der Waals surface area contributed by atoms with Gasteiger partial charge >= 0.3 is 0 Å². The highest BCUT2D eigenvalue weighted by Gasteiger charge is 2.32. The smallest absolute Gasteiger partial charge is 0.255 e. The third kappa shape index (κ3) is 3.44. The zero-order chi connectivity index (χ0) is 19.7. The number of nitrogens with one attached hydrogen (secondary N) is 1. The average Bonchev–Trinajstić information content (AvgIpc) is 3.02. The number of carbonyl (C=O) groups is 2. The number of hydrogen-bond acceptors (Lipinski definition) is 3. The number of benzene rings is 1. The minimum absolute atomic E-state index is 0.0718. The van der Waals surface area contributed by atoms with E-state index in [1.54, 1.807) is 0 Å². The Kier molecular flexibility index (Phi) is 5.22. The molecular formula is C22H28N4O2. The lowest BCUT2D eigenvalue weighted by atomic mass is 10.0. The topological polar surface area (TPSA) is 57.6 Å². The summed E-state index contributed by atoms with van der Waals surface area (Å²) in [5.41, 5.74) is 3.85. The highest BCUT2D eigenvalue weighted by atomic mass is 16.2. The molecule has 2 saturated heterocycles. The van der Waals surface area contributed by atoms with E-state index in [9.17, 15) is 9.59 Å². The molecule has 1 aromatic heterocycles. The number of piperazine rings is 1. The molecule has 6 heteroatoms. The number of piperidine rings is 1. The molecule has 2 aliphatic rings. The van der Waals surface area contributed by atoms with Crippen molar-refractivity contribution in [2.75, 3.05) is 32.7 Å². The van der Waals surface area contributed by atoms with Crippen molar-refractivity contribution in [3.63, 3.8) is 0 Å². The Bertz CT molecular complexity index is 874. The predicted molar refractivity (Wildman–Crippen MR) is 109 cm³/mol. The zero-order valence-electron chi connectivity index (χ0n) is 16.6. The first-order chi connectivity index (χ1) is 13.6. The number of hydrogen-bond donors (Lipinski definition) is 1. The molecule has 3 heterocycles. The van der Waals surface area contributed by atoms with Crippen LogP contribution in [0.1, 0.15) is 34.6 Å². The Balaban J connectivity index is 1.55. The molecule has 0 saturated carbocycles. The number of carbonyl (C=O) groups excluding carboxylic acids is 2. The Morgan fingerprint density at radius 1 is 1.14 bits per heavy atom. The van der Waals surface area contributed by atoms with E-state index in [2.05, 4.69) is 22.0 Å². The SMILES string of the molecule is Cc1cc(C(=O)N2CCCC(N3CCNCC3=O)C2)c(C)n1-c1ccccc1. The minimum Gasteiger partial charge on any atom is -0.337 e. The van der Waals surface area contributed by atoms with Crippen LogP contribution in [0.2, 0.25) is 0 Å². The fraction of sp³-hybridized carbons (Fsp3) is 0.455. The van der Waals surface area contributed by atoms with Crippen LogP contribution in [0.5, 0.6) is 0 Å². The maximum atomic E-state index is 13.3. The van der Waals surface area contributed by atoms with Gasteiger partial charge in [0.1, 0.15) is 0 Å². The Morgan fingerprint density at radius 3 is 2.68 bits per heavy atom. The normalized spacial score (nSPS) is 20.5. The lowest BCUT2D eigenvalue weighted by Crippen LogP contribution is -2.57. The van der Waals surface area contributed by atoms with Gasteiger partial charge in [-0.3, -0.25) is 9.59 Å². The maximum absolute atomic E-state index is 13.3. The summed E-state index contributed by atoms with van der Waals surface area (Å²) in [5.74, 6) is 0.218. The fourth-order valence-corrected chi connectivity index (χ4v) is 4.52. The van der Waals surface area contributed by atoms with Gasteiger partial charge in [0.25, 0.3) is 5.91 Å². The highest BCUT2D eigenvalue weighted by Crippen LogP contribution is 2.24. The number of aryl methyl sites for hydroxylation is 1. The summed E-state index contributed by atoms with van der Waals surface area (Å²) in [6.45, 7) is 7.39. The molecule has 28 heavy (non-hydrogen) atoms. The van der Waals surface area contributed by atoms with Gasteiger partial charge in [-0.1, -0.05) is 18.2 Å². The monoisotopic (exact) mass is 380 g/mol. The third-order valence-corrected chi connectivity index (χ3v) is 5.93. The molecule has 4 rings (SSSR count). The maximum Gasteiger partial charge on any atom is 0.255 e. The summed E-state index contributed by atoms with van der Waals surface area (Å²) in [6.07, 6.45) is 1.91. The molecule has 2 fully saturated rings. The molecule has 2 aliphatic heterocycles. The lowest BCUT2D eigenvalue weighted by molar-refractivity contribution is -0.135. The largest absolute Gasteiger partial charge is 0.337 e.